The molecule has 1 aromatic heterocycles. The van der Waals surface area contributed by atoms with Crippen molar-refractivity contribution in [2.24, 2.45) is 0 Å². The van der Waals surface area contributed by atoms with Crippen LogP contribution in [-0.2, 0) is 0 Å². The molecule has 0 radical (unpaired) electrons. The molecule has 0 bridgehead atoms. The molecule has 0 unspecified atom stereocenters. The summed E-state index contributed by atoms with van der Waals surface area (Å²) >= 11 is 0. The molecule has 2 rings (SSSR count). The highest BCUT2D eigenvalue weighted by Gasteiger charge is 2.07. The number of nitrogens with zero attached hydrogens (tertiary/aromatic N) is 2. The van der Waals surface area contributed by atoms with Crippen LogP contribution in [0.15, 0.2) is 35.1 Å². The summed E-state index contributed by atoms with van der Waals surface area (Å²) in [7, 11) is 0. The highest BCUT2D eigenvalue weighted by atomic mass is 16.4. The van der Waals surface area contributed by atoms with Crippen molar-refractivity contribution in [2.75, 3.05) is 13.2 Å². The van der Waals surface area contributed by atoms with Gasteiger partial charge in [-0.05, 0) is 30.7 Å². The molecule has 0 spiro atoms. The highest BCUT2D eigenvalue weighted by molar-refractivity contribution is 5.94. The number of amides is 1. The maximum Gasteiger partial charge on any atom is 0.251 e. The maximum absolute atomic E-state index is 11.7. The van der Waals surface area contributed by atoms with Gasteiger partial charge in [0.1, 0.15) is 0 Å². The molecule has 2 N–H and O–H groups in total. The first-order valence-corrected chi connectivity index (χ1v) is 5.57. The quantitative estimate of drug-likeness (QED) is 0.765. The molecule has 0 atom stereocenters. The van der Waals surface area contributed by atoms with Crippen LogP contribution >= 0.6 is 0 Å². The lowest BCUT2D eigenvalue weighted by molar-refractivity contribution is 0.0951. The second-order valence-corrected chi connectivity index (χ2v) is 3.65. The van der Waals surface area contributed by atoms with Gasteiger partial charge in [-0.2, -0.15) is 0 Å². The third kappa shape index (κ3) is 2.92. The van der Waals surface area contributed by atoms with Crippen LogP contribution in [0.5, 0.6) is 0 Å². The summed E-state index contributed by atoms with van der Waals surface area (Å²) in [6.07, 6.45) is 1.80. The van der Waals surface area contributed by atoms with Crippen LogP contribution in [0.2, 0.25) is 0 Å². The van der Waals surface area contributed by atoms with Crippen molar-refractivity contribution in [3.8, 4) is 11.5 Å². The fraction of sp³-hybridized carbons (Fsp3) is 0.250. The minimum absolute atomic E-state index is 0.0659. The van der Waals surface area contributed by atoms with E-state index in [9.17, 15) is 4.79 Å². The summed E-state index contributed by atoms with van der Waals surface area (Å²) in [5, 5.41) is 18.7. The van der Waals surface area contributed by atoms with Crippen LogP contribution in [0.3, 0.4) is 0 Å². The van der Waals surface area contributed by atoms with E-state index in [2.05, 4.69) is 15.5 Å². The van der Waals surface area contributed by atoms with Crippen molar-refractivity contribution >= 4 is 5.91 Å². The molecule has 2 aromatic rings. The molecule has 0 aliphatic rings. The molecule has 0 saturated carbocycles. The van der Waals surface area contributed by atoms with E-state index in [-0.39, 0.29) is 12.5 Å². The minimum Gasteiger partial charge on any atom is -0.423 e. The number of aliphatic hydroxyl groups is 1. The van der Waals surface area contributed by atoms with Gasteiger partial charge in [-0.25, -0.2) is 0 Å². The van der Waals surface area contributed by atoms with Gasteiger partial charge in [-0.3, -0.25) is 4.79 Å². The standard InChI is InChI=1S/C12H13N3O3/c16-7-1-6-13-11(17)9-2-4-10(5-3-9)12-15-14-8-18-12/h2-5,8,16H,1,6-7H2,(H,13,17). The molecule has 0 saturated heterocycles. The first kappa shape index (κ1) is 12.3. The normalized spacial score (nSPS) is 10.3. The van der Waals surface area contributed by atoms with Crippen LogP contribution in [0.4, 0.5) is 0 Å². The number of benzene rings is 1. The number of aromatic nitrogens is 2. The largest absolute Gasteiger partial charge is 0.423 e. The van der Waals surface area contributed by atoms with Gasteiger partial charge >= 0.3 is 0 Å². The Balaban J connectivity index is 2.01. The number of hydrogen-bond donors (Lipinski definition) is 2. The van der Waals surface area contributed by atoms with Crippen LogP contribution in [-0.4, -0.2) is 34.4 Å². The lowest BCUT2D eigenvalue weighted by atomic mass is 10.1. The zero-order valence-electron chi connectivity index (χ0n) is 9.67. The number of carbonyl (C=O) groups is 1. The van der Waals surface area contributed by atoms with Crippen LogP contribution < -0.4 is 5.32 Å². The Morgan fingerprint density at radius 2 is 2.11 bits per heavy atom. The summed E-state index contributed by atoms with van der Waals surface area (Å²) in [5.74, 6) is 0.253. The Bertz CT molecular complexity index is 494. The molecular weight excluding hydrogens is 234 g/mol. The summed E-state index contributed by atoms with van der Waals surface area (Å²) in [4.78, 5) is 11.7. The van der Waals surface area contributed by atoms with Gasteiger partial charge in [0.25, 0.3) is 5.91 Å². The molecule has 1 amide bonds. The zero-order chi connectivity index (χ0) is 12.8. The van der Waals surface area contributed by atoms with E-state index >= 15 is 0 Å². The SMILES string of the molecule is O=C(NCCCO)c1ccc(-c2nnco2)cc1. The fourth-order valence-electron chi connectivity index (χ4n) is 1.45. The molecule has 6 heteroatoms. The van der Waals surface area contributed by atoms with Crippen molar-refractivity contribution < 1.29 is 14.3 Å². The number of aliphatic hydroxyl groups excluding tert-OH is 1. The Morgan fingerprint density at radius 3 is 2.72 bits per heavy atom. The van der Waals surface area contributed by atoms with Gasteiger partial charge < -0.3 is 14.8 Å². The van der Waals surface area contributed by atoms with Crippen LogP contribution in [0, 0.1) is 0 Å². The Kier molecular flexibility index (Phi) is 4.03. The van der Waals surface area contributed by atoms with Gasteiger partial charge in [0.2, 0.25) is 12.3 Å². The number of carbonyl (C=O) groups excluding carboxylic acids is 1. The van der Waals surface area contributed by atoms with E-state index < -0.39 is 0 Å². The number of rotatable bonds is 5. The fourth-order valence-corrected chi connectivity index (χ4v) is 1.45. The molecule has 1 aromatic carbocycles. The van der Waals surface area contributed by atoms with Crippen molar-refractivity contribution in [2.45, 2.75) is 6.42 Å². The van der Waals surface area contributed by atoms with Crippen molar-refractivity contribution in [1.82, 2.24) is 15.5 Å². The van der Waals surface area contributed by atoms with E-state index in [0.717, 1.165) is 5.56 Å². The second-order valence-electron chi connectivity index (χ2n) is 3.65. The molecule has 0 aliphatic heterocycles. The molecule has 6 nitrogen and oxygen atoms in total. The highest BCUT2D eigenvalue weighted by Crippen LogP contribution is 2.16. The molecule has 18 heavy (non-hydrogen) atoms. The smallest absolute Gasteiger partial charge is 0.251 e. The Labute approximate surface area is 104 Å². The van der Waals surface area contributed by atoms with Gasteiger partial charge in [0.05, 0.1) is 0 Å². The lowest BCUT2D eigenvalue weighted by Gasteiger charge is -2.04. The van der Waals surface area contributed by atoms with Gasteiger partial charge in [0.15, 0.2) is 0 Å². The van der Waals surface area contributed by atoms with Gasteiger partial charge in [-0.1, -0.05) is 0 Å². The topological polar surface area (TPSA) is 88.2 Å². The Hall–Kier alpha value is -2.21. The third-order valence-corrected chi connectivity index (χ3v) is 2.37. The van der Waals surface area contributed by atoms with E-state index in [1.165, 1.54) is 6.39 Å². The van der Waals surface area contributed by atoms with E-state index in [0.29, 0.717) is 24.4 Å². The molecular formula is C12H13N3O3. The predicted molar refractivity (Wildman–Crippen MR) is 63.8 cm³/mol. The van der Waals surface area contributed by atoms with Gasteiger partial charge in [0, 0.05) is 24.3 Å². The van der Waals surface area contributed by atoms with Crippen LogP contribution in [0.25, 0.3) is 11.5 Å². The number of nitrogens with one attached hydrogen (secondary N) is 1. The average molecular weight is 247 g/mol. The van der Waals surface area contributed by atoms with E-state index in [1.54, 1.807) is 24.3 Å². The number of hydrogen-bond acceptors (Lipinski definition) is 5. The molecule has 0 aliphatic carbocycles. The first-order valence-electron chi connectivity index (χ1n) is 5.57. The summed E-state index contributed by atoms with van der Waals surface area (Å²) < 4.78 is 5.05. The molecule has 0 fully saturated rings. The lowest BCUT2D eigenvalue weighted by Crippen LogP contribution is -2.24. The monoisotopic (exact) mass is 247 g/mol. The van der Waals surface area contributed by atoms with Crippen molar-refractivity contribution in [1.29, 1.82) is 0 Å². The third-order valence-electron chi connectivity index (χ3n) is 2.37. The summed E-state index contributed by atoms with van der Waals surface area (Å²) in [6.45, 7) is 0.525. The Morgan fingerprint density at radius 1 is 1.33 bits per heavy atom. The van der Waals surface area contributed by atoms with E-state index in [4.69, 9.17) is 9.52 Å². The van der Waals surface area contributed by atoms with Crippen molar-refractivity contribution in [3.63, 3.8) is 0 Å². The maximum atomic E-state index is 11.7. The summed E-state index contributed by atoms with van der Waals surface area (Å²) in [6, 6.07) is 6.87. The predicted octanol–water partition coefficient (Wildman–Crippen LogP) is 0.849. The van der Waals surface area contributed by atoms with Crippen molar-refractivity contribution in [3.05, 3.63) is 36.2 Å². The minimum atomic E-state index is -0.166. The van der Waals surface area contributed by atoms with E-state index in [1.807, 2.05) is 0 Å². The van der Waals surface area contributed by atoms with Crippen LogP contribution in [0.1, 0.15) is 16.8 Å². The molecule has 94 valence electrons. The van der Waals surface area contributed by atoms with Gasteiger partial charge in [-0.15, -0.1) is 10.2 Å². The summed E-state index contributed by atoms with van der Waals surface area (Å²) in [5.41, 5.74) is 1.32. The average Bonchev–Trinajstić information content (AvgIpc) is 2.93. The second kappa shape index (κ2) is 5.92. The molecule has 1 heterocycles. The first-order chi connectivity index (χ1) is 8.81. The zero-order valence-corrected chi connectivity index (χ0v) is 9.67.